The molecule has 1 saturated heterocycles. The minimum atomic E-state index is -0.507. The number of ketones is 1. The monoisotopic (exact) mass is 243 g/mol. The molecule has 0 radical (unpaired) electrons. The highest BCUT2D eigenvalue weighted by atomic mass is 16.5. The molecule has 3 rings (SSSR count). The predicted octanol–water partition coefficient (Wildman–Crippen LogP) is 1.55. The standard InChI is InChI=1S/C14H13NO3/c1-18-9-2-3-11-10(8-9)12(16)4-6-14(11)7-5-13(17)15-14/h2-4,6,8H,5,7H2,1H3,(H,15,17)/t14-/m1/s1. The summed E-state index contributed by atoms with van der Waals surface area (Å²) in [5.41, 5.74) is 0.966. The van der Waals surface area contributed by atoms with Crippen molar-refractivity contribution in [2.75, 3.05) is 7.11 Å². The number of hydrogen-bond acceptors (Lipinski definition) is 3. The molecule has 1 N–H and O–H groups in total. The summed E-state index contributed by atoms with van der Waals surface area (Å²) >= 11 is 0. The third kappa shape index (κ3) is 1.45. The van der Waals surface area contributed by atoms with Gasteiger partial charge in [-0.1, -0.05) is 12.1 Å². The van der Waals surface area contributed by atoms with E-state index in [0.29, 0.717) is 24.2 Å². The number of amides is 1. The third-order valence-electron chi connectivity index (χ3n) is 3.60. The average molecular weight is 243 g/mol. The van der Waals surface area contributed by atoms with E-state index in [9.17, 15) is 9.59 Å². The lowest BCUT2D eigenvalue weighted by molar-refractivity contribution is -0.119. The van der Waals surface area contributed by atoms with Crippen molar-refractivity contribution >= 4 is 11.7 Å². The molecule has 1 aliphatic carbocycles. The van der Waals surface area contributed by atoms with Crippen LogP contribution in [0.25, 0.3) is 0 Å². The second-order valence-corrected chi connectivity index (χ2v) is 4.63. The van der Waals surface area contributed by atoms with Crippen molar-refractivity contribution in [2.24, 2.45) is 0 Å². The molecule has 0 aromatic heterocycles. The molecule has 92 valence electrons. The van der Waals surface area contributed by atoms with Gasteiger partial charge in [0.2, 0.25) is 5.91 Å². The van der Waals surface area contributed by atoms with Crippen LogP contribution in [0.1, 0.15) is 28.8 Å². The van der Waals surface area contributed by atoms with Crippen molar-refractivity contribution < 1.29 is 14.3 Å². The number of methoxy groups -OCH3 is 1. The van der Waals surface area contributed by atoms with E-state index in [2.05, 4.69) is 5.32 Å². The first kappa shape index (κ1) is 11.0. The number of fused-ring (bicyclic) bond motifs is 2. The quantitative estimate of drug-likeness (QED) is 0.814. The molecule has 4 heteroatoms. The third-order valence-corrected chi connectivity index (χ3v) is 3.60. The molecule has 1 fully saturated rings. The Kier molecular flexibility index (Phi) is 2.26. The van der Waals surface area contributed by atoms with Crippen molar-refractivity contribution in [3.8, 4) is 5.75 Å². The lowest BCUT2D eigenvalue weighted by Crippen LogP contribution is -2.40. The van der Waals surface area contributed by atoms with Crippen molar-refractivity contribution in [2.45, 2.75) is 18.4 Å². The number of benzene rings is 1. The number of nitrogens with one attached hydrogen (secondary N) is 1. The van der Waals surface area contributed by atoms with E-state index in [1.165, 1.54) is 6.08 Å². The fraction of sp³-hybridized carbons (Fsp3) is 0.286. The molecule has 1 aromatic carbocycles. The number of ether oxygens (including phenoxy) is 1. The molecular formula is C14H13NO3. The fourth-order valence-corrected chi connectivity index (χ4v) is 2.65. The van der Waals surface area contributed by atoms with E-state index in [4.69, 9.17) is 4.74 Å². The van der Waals surface area contributed by atoms with Crippen LogP contribution in [0.5, 0.6) is 5.75 Å². The van der Waals surface area contributed by atoms with Crippen molar-refractivity contribution in [1.82, 2.24) is 5.32 Å². The van der Waals surface area contributed by atoms with Crippen LogP contribution in [0.2, 0.25) is 0 Å². The molecule has 0 unspecified atom stereocenters. The topological polar surface area (TPSA) is 55.4 Å². The number of allylic oxidation sites excluding steroid dienone is 1. The first-order valence-electron chi connectivity index (χ1n) is 5.88. The van der Waals surface area contributed by atoms with Crippen molar-refractivity contribution in [3.05, 3.63) is 41.5 Å². The summed E-state index contributed by atoms with van der Waals surface area (Å²) in [6, 6.07) is 5.41. The molecule has 1 aliphatic heterocycles. The predicted molar refractivity (Wildman–Crippen MR) is 65.5 cm³/mol. The van der Waals surface area contributed by atoms with Gasteiger partial charge in [-0.2, -0.15) is 0 Å². The number of rotatable bonds is 1. The lowest BCUT2D eigenvalue weighted by atomic mass is 9.80. The van der Waals surface area contributed by atoms with Gasteiger partial charge in [-0.15, -0.1) is 0 Å². The Morgan fingerprint density at radius 2 is 2.17 bits per heavy atom. The van der Waals surface area contributed by atoms with Crippen LogP contribution in [-0.2, 0) is 10.3 Å². The normalized spacial score (nSPS) is 25.2. The van der Waals surface area contributed by atoms with E-state index >= 15 is 0 Å². The van der Waals surface area contributed by atoms with E-state index in [-0.39, 0.29) is 11.7 Å². The SMILES string of the molecule is COc1ccc2c(c1)C(=O)C=C[C@@]21CCC(=O)N1. The molecule has 1 atom stereocenters. The van der Waals surface area contributed by atoms with Crippen molar-refractivity contribution in [1.29, 1.82) is 0 Å². The van der Waals surface area contributed by atoms with Gasteiger partial charge in [0.1, 0.15) is 5.75 Å². The van der Waals surface area contributed by atoms with Gasteiger partial charge in [0, 0.05) is 12.0 Å². The largest absolute Gasteiger partial charge is 0.497 e. The molecule has 18 heavy (non-hydrogen) atoms. The zero-order valence-electron chi connectivity index (χ0n) is 10.0. The maximum absolute atomic E-state index is 11.9. The molecule has 0 bridgehead atoms. The summed E-state index contributed by atoms with van der Waals surface area (Å²) in [6.45, 7) is 0. The molecule has 1 aromatic rings. The first-order valence-corrected chi connectivity index (χ1v) is 5.88. The zero-order valence-corrected chi connectivity index (χ0v) is 10.0. The zero-order chi connectivity index (χ0) is 12.8. The van der Waals surface area contributed by atoms with Crippen LogP contribution < -0.4 is 10.1 Å². The smallest absolute Gasteiger partial charge is 0.221 e. The average Bonchev–Trinajstić information content (AvgIpc) is 2.76. The molecule has 0 saturated carbocycles. The summed E-state index contributed by atoms with van der Waals surface area (Å²) in [5.74, 6) is 0.628. The summed E-state index contributed by atoms with van der Waals surface area (Å²) in [7, 11) is 1.57. The summed E-state index contributed by atoms with van der Waals surface area (Å²) in [4.78, 5) is 23.4. The van der Waals surface area contributed by atoms with Crippen LogP contribution in [0.15, 0.2) is 30.4 Å². The van der Waals surface area contributed by atoms with E-state index in [0.717, 1.165) is 5.56 Å². The second kappa shape index (κ2) is 3.70. The number of carbonyl (C=O) groups excluding carboxylic acids is 2. The van der Waals surface area contributed by atoms with Gasteiger partial charge >= 0.3 is 0 Å². The highest BCUT2D eigenvalue weighted by Crippen LogP contribution is 2.39. The minimum Gasteiger partial charge on any atom is -0.497 e. The maximum atomic E-state index is 11.9. The van der Waals surface area contributed by atoms with Gasteiger partial charge < -0.3 is 10.1 Å². The van der Waals surface area contributed by atoms with Gasteiger partial charge in [-0.25, -0.2) is 0 Å². The Morgan fingerprint density at radius 1 is 1.33 bits per heavy atom. The molecule has 1 amide bonds. The molecule has 1 spiro atoms. The second-order valence-electron chi connectivity index (χ2n) is 4.63. The van der Waals surface area contributed by atoms with Crippen LogP contribution >= 0.6 is 0 Å². The van der Waals surface area contributed by atoms with Gasteiger partial charge in [0.15, 0.2) is 5.78 Å². The Balaban J connectivity index is 2.16. The van der Waals surface area contributed by atoms with Gasteiger partial charge in [-0.3, -0.25) is 9.59 Å². The Bertz CT molecular complexity index is 576. The molecular weight excluding hydrogens is 230 g/mol. The van der Waals surface area contributed by atoms with Crippen LogP contribution in [0.4, 0.5) is 0 Å². The fourth-order valence-electron chi connectivity index (χ4n) is 2.65. The minimum absolute atomic E-state index is 0.0239. The van der Waals surface area contributed by atoms with Gasteiger partial charge in [-0.05, 0) is 30.2 Å². The molecule has 1 heterocycles. The van der Waals surface area contributed by atoms with E-state index < -0.39 is 5.54 Å². The Morgan fingerprint density at radius 3 is 2.83 bits per heavy atom. The van der Waals surface area contributed by atoms with Crippen LogP contribution in [0, 0.1) is 0 Å². The molecule has 4 nitrogen and oxygen atoms in total. The summed E-state index contributed by atoms with van der Waals surface area (Å²) < 4.78 is 5.14. The lowest BCUT2D eigenvalue weighted by Gasteiger charge is -2.30. The Labute approximate surface area is 105 Å². The van der Waals surface area contributed by atoms with Gasteiger partial charge in [0.25, 0.3) is 0 Å². The highest BCUT2D eigenvalue weighted by Gasteiger charge is 2.41. The highest BCUT2D eigenvalue weighted by molar-refractivity contribution is 6.08. The first-order chi connectivity index (χ1) is 8.64. The number of hydrogen-bond donors (Lipinski definition) is 1. The van der Waals surface area contributed by atoms with E-state index in [1.807, 2.05) is 12.1 Å². The maximum Gasteiger partial charge on any atom is 0.221 e. The van der Waals surface area contributed by atoms with Crippen molar-refractivity contribution in [3.63, 3.8) is 0 Å². The summed E-state index contributed by atoms with van der Waals surface area (Å²) in [5, 5.41) is 2.96. The van der Waals surface area contributed by atoms with E-state index in [1.54, 1.807) is 19.3 Å². The van der Waals surface area contributed by atoms with Gasteiger partial charge in [0.05, 0.1) is 12.6 Å². The van der Waals surface area contributed by atoms with Crippen LogP contribution in [0.3, 0.4) is 0 Å². The number of carbonyl (C=O) groups is 2. The van der Waals surface area contributed by atoms with Crippen LogP contribution in [-0.4, -0.2) is 18.8 Å². The Hall–Kier alpha value is -2.10. The molecule has 2 aliphatic rings. The summed E-state index contributed by atoms with van der Waals surface area (Å²) in [6.07, 6.45) is 4.52.